The molecule has 2 saturated heterocycles. The van der Waals surface area contributed by atoms with Crippen molar-refractivity contribution in [3.05, 3.63) is 74.5 Å². The van der Waals surface area contributed by atoms with Crippen molar-refractivity contribution in [1.82, 2.24) is 19.4 Å². The molecule has 1 aliphatic carbocycles. The van der Waals surface area contributed by atoms with Crippen LogP contribution < -0.4 is 9.80 Å². The van der Waals surface area contributed by atoms with Crippen LogP contribution in [-0.4, -0.2) is 94.9 Å². The van der Waals surface area contributed by atoms with E-state index in [9.17, 15) is 24.9 Å². The van der Waals surface area contributed by atoms with Gasteiger partial charge in [0.15, 0.2) is 0 Å². The van der Waals surface area contributed by atoms with Crippen molar-refractivity contribution < 1.29 is 19.2 Å². The highest BCUT2D eigenvalue weighted by molar-refractivity contribution is 6.26. The van der Waals surface area contributed by atoms with Gasteiger partial charge in [-0.1, -0.05) is 0 Å². The van der Waals surface area contributed by atoms with Crippen LogP contribution in [-0.2, 0) is 11.3 Å². The Kier molecular flexibility index (Phi) is 6.53. The molecule has 0 unspecified atom stereocenters. The first-order chi connectivity index (χ1) is 18.9. The third-order valence-corrected chi connectivity index (χ3v) is 7.68. The van der Waals surface area contributed by atoms with Crippen LogP contribution in [0.2, 0.25) is 0 Å². The summed E-state index contributed by atoms with van der Waals surface area (Å²) in [6, 6.07) is 8.40. The van der Waals surface area contributed by atoms with Gasteiger partial charge in [-0.25, -0.2) is 0 Å². The van der Waals surface area contributed by atoms with Gasteiger partial charge < -0.3 is 24.6 Å². The lowest BCUT2D eigenvalue weighted by molar-refractivity contribution is -0.384. The Balaban J connectivity index is 1.06. The fraction of sp³-hybridized carbons (Fsp3) is 0.423. The highest BCUT2D eigenvalue weighted by Crippen LogP contribution is 2.34. The van der Waals surface area contributed by atoms with E-state index in [0.29, 0.717) is 49.8 Å². The maximum absolute atomic E-state index is 12.9. The normalized spacial score (nSPS) is 17.8. The summed E-state index contributed by atoms with van der Waals surface area (Å²) in [5, 5.41) is 24.2. The number of ether oxygens (including phenoxy) is 1. The zero-order valence-corrected chi connectivity index (χ0v) is 21.3. The molecule has 4 heterocycles. The van der Waals surface area contributed by atoms with Crippen molar-refractivity contribution in [2.45, 2.75) is 13.0 Å². The van der Waals surface area contributed by atoms with Crippen molar-refractivity contribution in [1.29, 1.82) is 0 Å². The standard InChI is InChI=1S/C26H28N7O6/c34-25-19-3-1-6-27-22(19)26(35)23-24(25)32(36)31(23)8-2-7-28-9-11-29(12-10-28)18-4-5-20(33(37)38)21(17-18)30-13-15-39-16-14-30/h1,3-6,17H,2,7-16H2/q-1. The van der Waals surface area contributed by atoms with Crippen LogP contribution in [0, 0.1) is 15.3 Å². The third-order valence-electron chi connectivity index (χ3n) is 7.68. The second kappa shape index (κ2) is 10.2. The minimum atomic E-state index is -0.460. The monoisotopic (exact) mass is 534 g/mol. The lowest BCUT2D eigenvalue weighted by Gasteiger charge is -2.38. The highest BCUT2D eigenvalue weighted by atomic mass is 16.6. The largest absolute Gasteiger partial charge is 0.791 e. The van der Waals surface area contributed by atoms with Crippen molar-refractivity contribution in [2.24, 2.45) is 0 Å². The summed E-state index contributed by atoms with van der Waals surface area (Å²) in [6.45, 7) is 6.54. The van der Waals surface area contributed by atoms with E-state index in [1.165, 1.54) is 16.9 Å². The van der Waals surface area contributed by atoms with Gasteiger partial charge >= 0.3 is 0 Å². The molecule has 0 amide bonds. The van der Waals surface area contributed by atoms with Crippen LogP contribution in [0.5, 0.6) is 0 Å². The summed E-state index contributed by atoms with van der Waals surface area (Å²) >= 11 is 0. The van der Waals surface area contributed by atoms with Gasteiger partial charge in [0.1, 0.15) is 22.8 Å². The minimum Gasteiger partial charge on any atom is -0.791 e. The number of hydrogen-bond acceptors (Lipinski definition) is 10. The zero-order valence-electron chi connectivity index (χ0n) is 21.3. The lowest BCUT2D eigenvalue weighted by Crippen LogP contribution is -2.47. The molecule has 204 valence electrons. The van der Waals surface area contributed by atoms with Crippen LogP contribution in [0.15, 0.2) is 36.5 Å². The number of carbonyl (C=O) groups excluding carboxylic acids is 2. The molecule has 2 aliphatic heterocycles. The summed E-state index contributed by atoms with van der Waals surface area (Å²) in [5.41, 5.74) is 1.99. The first kappa shape index (κ1) is 25.1. The second-order valence-corrected chi connectivity index (χ2v) is 9.86. The van der Waals surface area contributed by atoms with Gasteiger partial charge in [-0.3, -0.25) is 34.3 Å². The molecule has 0 spiro atoms. The molecule has 2 aromatic heterocycles. The Morgan fingerprint density at radius 1 is 0.923 bits per heavy atom. The van der Waals surface area contributed by atoms with Crippen LogP contribution in [0.4, 0.5) is 17.1 Å². The van der Waals surface area contributed by atoms with Crippen molar-refractivity contribution >= 4 is 28.6 Å². The van der Waals surface area contributed by atoms with E-state index in [-0.39, 0.29) is 39.0 Å². The lowest BCUT2D eigenvalue weighted by atomic mass is 9.93. The molecule has 3 aromatic rings. The maximum atomic E-state index is 12.9. The van der Waals surface area contributed by atoms with Crippen molar-refractivity contribution in [2.75, 3.05) is 68.8 Å². The van der Waals surface area contributed by atoms with Gasteiger partial charge in [0, 0.05) is 70.3 Å². The number of carbonyl (C=O) groups is 2. The molecule has 13 heteroatoms. The molecule has 6 rings (SSSR count). The topological polar surface area (TPSA) is 142 Å². The van der Waals surface area contributed by atoms with Gasteiger partial charge in [-0.05, 0) is 30.7 Å². The fourth-order valence-corrected chi connectivity index (χ4v) is 5.60. The Morgan fingerprint density at radius 3 is 2.44 bits per heavy atom. The van der Waals surface area contributed by atoms with Gasteiger partial charge in [0.05, 0.1) is 23.7 Å². The van der Waals surface area contributed by atoms with Crippen molar-refractivity contribution in [3.63, 3.8) is 0 Å². The van der Waals surface area contributed by atoms with Crippen LogP contribution in [0.25, 0.3) is 0 Å². The van der Waals surface area contributed by atoms with E-state index >= 15 is 0 Å². The molecule has 2 fully saturated rings. The number of nitro benzene ring substituents is 1. The number of morpholine rings is 1. The van der Waals surface area contributed by atoms with E-state index in [2.05, 4.69) is 14.8 Å². The number of rotatable bonds is 7. The van der Waals surface area contributed by atoms with E-state index < -0.39 is 5.78 Å². The number of pyridine rings is 1. The summed E-state index contributed by atoms with van der Waals surface area (Å²) in [5.74, 6) is -0.849. The van der Waals surface area contributed by atoms with Crippen LogP contribution >= 0.6 is 0 Å². The first-order valence-corrected chi connectivity index (χ1v) is 13.1. The number of nitrogens with zero attached hydrogens (tertiary/aromatic N) is 7. The van der Waals surface area contributed by atoms with Gasteiger partial charge in [-0.15, -0.1) is 0 Å². The molecular weight excluding hydrogens is 506 g/mol. The van der Waals surface area contributed by atoms with E-state index in [4.69, 9.17) is 4.74 Å². The zero-order chi connectivity index (χ0) is 27.1. The maximum Gasteiger partial charge on any atom is 0.292 e. The molecule has 1 aromatic carbocycles. The molecule has 0 N–H and O–H groups in total. The van der Waals surface area contributed by atoms with Gasteiger partial charge in [0.2, 0.25) is 11.6 Å². The predicted molar refractivity (Wildman–Crippen MR) is 142 cm³/mol. The molecular formula is C26H28N7O6-. The third kappa shape index (κ3) is 4.42. The number of anilines is 2. The molecule has 0 radical (unpaired) electrons. The number of piperazine rings is 1. The molecule has 0 bridgehead atoms. The quantitative estimate of drug-likeness (QED) is 0.254. The first-order valence-electron chi connectivity index (χ1n) is 13.1. The molecule has 3 aliphatic rings. The fourth-order valence-electron chi connectivity index (χ4n) is 5.60. The van der Waals surface area contributed by atoms with E-state index in [1.54, 1.807) is 12.1 Å². The molecule has 39 heavy (non-hydrogen) atoms. The molecule has 13 nitrogen and oxygen atoms in total. The number of fused-ring (bicyclic) bond motifs is 2. The number of benzene rings is 1. The van der Waals surface area contributed by atoms with Crippen molar-refractivity contribution in [3.8, 4) is 0 Å². The Bertz CT molecular complexity index is 1430. The summed E-state index contributed by atoms with van der Waals surface area (Å²) < 4.78 is 6.73. The second-order valence-electron chi connectivity index (χ2n) is 9.86. The van der Waals surface area contributed by atoms with E-state index in [1.807, 2.05) is 17.0 Å². The predicted octanol–water partition coefficient (Wildman–Crippen LogP) is 1.76. The SMILES string of the molecule is O=C1c2cccnc2C(=O)c2c1n([O-])n2CCCN1CCN(c2ccc([N+](=O)[O-])c(N3CCOCC3)c2)CC1. The average molecular weight is 535 g/mol. The molecule has 0 atom stereocenters. The number of ketones is 2. The van der Waals surface area contributed by atoms with Crippen LogP contribution in [0.1, 0.15) is 38.7 Å². The summed E-state index contributed by atoms with van der Waals surface area (Å²) in [6.07, 6.45) is 2.11. The van der Waals surface area contributed by atoms with E-state index in [0.717, 1.165) is 38.4 Å². The Morgan fingerprint density at radius 2 is 1.69 bits per heavy atom. The van der Waals surface area contributed by atoms with Gasteiger partial charge in [0.25, 0.3) is 5.69 Å². The Hall–Kier alpha value is -4.23. The number of hydrogen-bond donors (Lipinski definition) is 0. The number of nitro groups is 1. The van der Waals surface area contributed by atoms with Crippen LogP contribution in [0.3, 0.4) is 0 Å². The number of aromatic nitrogens is 3. The summed E-state index contributed by atoms with van der Waals surface area (Å²) in [7, 11) is 0. The van der Waals surface area contributed by atoms with Gasteiger partial charge in [-0.2, -0.15) is 0 Å². The minimum absolute atomic E-state index is 0.0958. The molecule has 0 saturated carbocycles. The highest BCUT2D eigenvalue weighted by Gasteiger charge is 2.37. The average Bonchev–Trinajstić information content (AvgIpc) is 2.97. The summed E-state index contributed by atoms with van der Waals surface area (Å²) in [4.78, 5) is 47.9. The smallest absolute Gasteiger partial charge is 0.292 e. The Labute approximate surface area is 223 Å².